The predicted molar refractivity (Wildman–Crippen MR) is 72.8 cm³/mol. The Morgan fingerprint density at radius 3 is 2.53 bits per heavy atom. The van der Waals surface area contributed by atoms with Crippen molar-refractivity contribution in [1.29, 1.82) is 0 Å². The summed E-state index contributed by atoms with van der Waals surface area (Å²) < 4.78 is 37.4. The van der Waals surface area contributed by atoms with E-state index in [-0.39, 0.29) is 17.2 Å². The number of hydrogen-bond donors (Lipinski definition) is 0. The maximum atomic E-state index is 12.5. The molecule has 1 unspecified atom stereocenters. The molecule has 19 heavy (non-hydrogen) atoms. The van der Waals surface area contributed by atoms with Gasteiger partial charge in [-0.2, -0.15) is 13.2 Å². The van der Waals surface area contributed by atoms with Crippen molar-refractivity contribution in [1.82, 2.24) is 0 Å². The zero-order valence-electron chi connectivity index (χ0n) is 10.2. The summed E-state index contributed by atoms with van der Waals surface area (Å²) in [6.45, 7) is 1.89. The first kappa shape index (κ1) is 16.5. The molecule has 1 nitrogen and oxygen atoms in total. The molecule has 0 fully saturated rings. The lowest BCUT2D eigenvalue weighted by molar-refractivity contribution is -0.137. The quantitative estimate of drug-likeness (QED) is 0.675. The number of rotatable bonds is 5. The Morgan fingerprint density at radius 1 is 1.42 bits per heavy atom. The Bertz CT molecular complexity index is 460. The normalized spacial score (nSPS) is 13.4. The van der Waals surface area contributed by atoms with Crippen molar-refractivity contribution in [2.45, 2.75) is 37.2 Å². The van der Waals surface area contributed by atoms with E-state index in [2.05, 4.69) is 15.9 Å². The number of halogens is 5. The molecule has 0 heterocycles. The molecule has 0 aliphatic carbocycles. The summed E-state index contributed by atoms with van der Waals surface area (Å²) in [5.41, 5.74) is -0.256. The summed E-state index contributed by atoms with van der Waals surface area (Å²) in [6, 6.07) is 3.19. The fourth-order valence-electron chi connectivity index (χ4n) is 1.60. The van der Waals surface area contributed by atoms with Gasteiger partial charge in [-0.05, 0) is 30.5 Å². The van der Waals surface area contributed by atoms with Crippen LogP contribution >= 0.6 is 27.5 Å². The number of hydrogen-bond acceptors (Lipinski definition) is 1. The van der Waals surface area contributed by atoms with Crippen LogP contribution in [0.3, 0.4) is 0 Å². The monoisotopic (exact) mass is 356 g/mol. The van der Waals surface area contributed by atoms with Gasteiger partial charge in [0, 0.05) is 11.4 Å². The lowest BCUT2D eigenvalue weighted by Crippen LogP contribution is -2.16. The number of benzene rings is 1. The fourth-order valence-corrected chi connectivity index (χ4v) is 2.43. The van der Waals surface area contributed by atoms with Gasteiger partial charge < -0.3 is 0 Å². The van der Waals surface area contributed by atoms with E-state index in [0.717, 1.165) is 18.6 Å². The zero-order chi connectivity index (χ0) is 14.6. The van der Waals surface area contributed by atoms with Crippen LogP contribution in [0.25, 0.3) is 0 Å². The number of carbonyl (C=O) groups excluding carboxylic acids is 1. The van der Waals surface area contributed by atoms with Crippen molar-refractivity contribution in [2.24, 2.45) is 0 Å². The van der Waals surface area contributed by atoms with E-state index in [9.17, 15) is 18.0 Å². The van der Waals surface area contributed by atoms with Crippen LogP contribution in [0.15, 0.2) is 18.2 Å². The third kappa shape index (κ3) is 4.80. The number of Topliss-reactive ketones (excluding diaryl/α,β-unsaturated/α-hetero) is 1. The molecule has 0 aliphatic heterocycles. The average molecular weight is 358 g/mol. The molecular formula is C13H13BrClF3O. The second-order valence-corrected chi connectivity index (χ2v) is 5.70. The van der Waals surface area contributed by atoms with E-state index in [4.69, 9.17) is 11.6 Å². The van der Waals surface area contributed by atoms with E-state index in [0.29, 0.717) is 12.0 Å². The third-order valence-electron chi connectivity index (χ3n) is 2.63. The zero-order valence-corrected chi connectivity index (χ0v) is 12.6. The van der Waals surface area contributed by atoms with Gasteiger partial charge in [0.05, 0.1) is 10.4 Å². The van der Waals surface area contributed by atoms with E-state index in [1.54, 1.807) is 0 Å². The molecule has 0 saturated heterocycles. The second kappa shape index (κ2) is 6.75. The van der Waals surface area contributed by atoms with Crippen molar-refractivity contribution < 1.29 is 18.0 Å². The van der Waals surface area contributed by atoms with Crippen LogP contribution in [0, 0.1) is 0 Å². The summed E-state index contributed by atoms with van der Waals surface area (Å²) in [4.78, 5) is 11.2. The van der Waals surface area contributed by atoms with Gasteiger partial charge >= 0.3 is 6.18 Å². The highest BCUT2D eigenvalue weighted by Gasteiger charge is 2.31. The molecule has 0 aliphatic rings. The van der Waals surface area contributed by atoms with Crippen LogP contribution in [-0.2, 0) is 17.4 Å². The molecule has 1 rings (SSSR count). The molecule has 0 bridgehead atoms. The molecule has 0 amide bonds. The molecule has 1 atom stereocenters. The Morgan fingerprint density at radius 2 is 2.05 bits per heavy atom. The first-order valence-electron chi connectivity index (χ1n) is 5.78. The van der Waals surface area contributed by atoms with Crippen molar-refractivity contribution in [2.75, 3.05) is 0 Å². The van der Waals surface area contributed by atoms with E-state index in [1.165, 1.54) is 6.07 Å². The lowest BCUT2D eigenvalue weighted by atomic mass is 10.0. The number of ketones is 1. The summed E-state index contributed by atoms with van der Waals surface area (Å²) >= 11 is 9.07. The fraction of sp³-hybridized carbons (Fsp3) is 0.462. The summed E-state index contributed by atoms with van der Waals surface area (Å²) in [5, 5.41) is 0.0311. The van der Waals surface area contributed by atoms with Gasteiger partial charge in [-0.3, -0.25) is 4.79 Å². The lowest BCUT2D eigenvalue weighted by Gasteiger charge is -2.12. The minimum absolute atomic E-state index is 0.0264. The van der Waals surface area contributed by atoms with Crippen molar-refractivity contribution in [3.8, 4) is 0 Å². The molecule has 6 heteroatoms. The van der Waals surface area contributed by atoms with Crippen LogP contribution < -0.4 is 0 Å². The Labute approximate surface area is 123 Å². The van der Waals surface area contributed by atoms with Gasteiger partial charge in [-0.25, -0.2) is 0 Å². The smallest absolute Gasteiger partial charge is 0.298 e. The van der Waals surface area contributed by atoms with Crippen LogP contribution in [0.4, 0.5) is 13.2 Å². The minimum Gasteiger partial charge on any atom is -0.298 e. The maximum Gasteiger partial charge on any atom is 0.416 e. The van der Waals surface area contributed by atoms with Gasteiger partial charge in [0.1, 0.15) is 5.78 Å². The van der Waals surface area contributed by atoms with Gasteiger partial charge in [-0.15, -0.1) is 0 Å². The largest absolute Gasteiger partial charge is 0.416 e. The number of carbonyl (C=O) groups is 1. The van der Waals surface area contributed by atoms with Crippen LogP contribution in [0.5, 0.6) is 0 Å². The van der Waals surface area contributed by atoms with Crippen LogP contribution in [-0.4, -0.2) is 10.6 Å². The van der Waals surface area contributed by atoms with Crippen molar-refractivity contribution in [3.63, 3.8) is 0 Å². The van der Waals surface area contributed by atoms with E-state index >= 15 is 0 Å². The number of alkyl halides is 4. The van der Waals surface area contributed by atoms with Crippen molar-refractivity contribution in [3.05, 3.63) is 34.3 Å². The average Bonchev–Trinajstić information content (AvgIpc) is 2.30. The molecule has 1 aromatic carbocycles. The molecule has 0 saturated carbocycles. The first-order chi connectivity index (χ1) is 8.75. The molecule has 0 N–H and O–H groups in total. The SMILES string of the molecule is CCCC(=O)C(Br)Cc1ccc(C(F)(F)F)cc1Cl. The molecule has 1 aromatic rings. The van der Waals surface area contributed by atoms with Gasteiger partial charge in [0.25, 0.3) is 0 Å². The van der Waals surface area contributed by atoms with E-state index < -0.39 is 16.6 Å². The predicted octanol–water partition coefficient (Wildman–Crippen LogP) is 5.03. The summed E-state index contributed by atoms with van der Waals surface area (Å²) in [5.74, 6) is 0.0264. The molecular weight excluding hydrogens is 344 g/mol. The highest BCUT2D eigenvalue weighted by atomic mass is 79.9. The summed E-state index contributed by atoms with van der Waals surface area (Å²) in [6.07, 6.45) is -2.94. The Balaban J connectivity index is 2.83. The molecule has 106 valence electrons. The first-order valence-corrected chi connectivity index (χ1v) is 7.07. The Hall–Kier alpha value is -0.550. The van der Waals surface area contributed by atoms with Gasteiger partial charge in [-0.1, -0.05) is 40.5 Å². The highest BCUT2D eigenvalue weighted by molar-refractivity contribution is 9.10. The molecule has 0 aromatic heterocycles. The minimum atomic E-state index is -4.41. The van der Waals surface area contributed by atoms with Crippen molar-refractivity contribution >= 4 is 33.3 Å². The maximum absolute atomic E-state index is 12.5. The van der Waals surface area contributed by atoms with Crippen LogP contribution in [0.1, 0.15) is 30.9 Å². The molecule has 0 radical (unpaired) electrons. The third-order valence-corrected chi connectivity index (χ3v) is 3.81. The van der Waals surface area contributed by atoms with E-state index in [1.807, 2.05) is 6.92 Å². The topological polar surface area (TPSA) is 17.1 Å². The van der Waals surface area contributed by atoms with Gasteiger partial charge in [0.2, 0.25) is 0 Å². The second-order valence-electron chi connectivity index (χ2n) is 4.19. The summed E-state index contributed by atoms with van der Waals surface area (Å²) in [7, 11) is 0. The standard InChI is InChI=1S/C13H13BrClF3O/c1-2-3-12(19)10(14)6-8-4-5-9(7-11(8)15)13(16,17)18/h4-5,7,10H,2-3,6H2,1H3. The highest BCUT2D eigenvalue weighted by Crippen LogP contribution is 2.32. The Kier molecular flexibility index (Phi) is 5.86. The van der Waals surface area contributed by atoms with Crippen LogP contribution in [0.2, 0.25) is 5.02 Å². The van der Waals surface area contributed by atoms with Gasteiger partial charge in [0.15, 0.2) is 0 Å². The molecule has 0 spiro atoms.